The van der Waals surface area contributed by atoms with Gasteiger partial charge in [-0.25, -0.2) is 4.98 Å². The highest BCUT2D eigenvalue weighted by Crippen LogP contribution is 2.15. The number of rotatable bonds is 1. The largest absolute Gasteiger partial charge is 0.427 e. The van der Waals surface area contributed by atoms with Crippen molar-refractivity contribution in [1.82, 2.24) is 9.71 Å². The van der Waals surface area contributed by atoms with Crippen LogP contribution in [0, 0.1) is 5.41 Å². The summed E-state index contributed by atoms with van der Waals surface area (Å²) in [6.45, 7) is 0. The number of aromatic nitrogens is 2. The summed E-state index contributed by atoms with van der Waals surface area (Å²) in [6, 6.07) is 5.11. The fraction of sp³-hybridized carbons (Fsp3) is 0. The van der Waals surface area contributed by atoms with Crippen LogP contribution in [0.2, 0.25) is 0 Å². The van der Waals surface area contributed by atoms with Crippen molar-refractivity contribution in [1.29, 1.82) is 5.41 Å². The van der Waals surface area contributed by atoms with Crippen molar-refractivity contribution in [2.24, 2.45) is 5.73 Å². The molecule has 0 bridgehead atoms. The van der Waals surface area contributed by atoms with Gasteiger partial charge < -0.3 is 10.9 Å². The number of fused-ring (bicyclic) bond motifs is 1. The van der Waals surface area contributed by atoms with Gasteiger partial charge in [-0.3, -0.25) is 5.41 Å². The third kappa shape index (κ3) is 1.01. The van der Waals surface area contributed by atoms with Gasteiger partial charge in [0.25, 0.3) is 0 Å². The quantitative estimate of drug-likeness (QED) is 0.337. The third-order valence-electron chi connectivity index (χ3n) is 1.85. The van der Waals surface area contributed by atoms with Gasteiger partial charge in [0.05, 0.1) is 0 Å². The molecular weight excluding hydrogens is 168 g/mol. The molecule has 0 radical (unpaired) electrons. The van der Waals surface area contributed by atoms with E-state index in [4.69, 9.17) is 11.1 Å². The number of hydrogen-bond acceptors (Lipinski definition) is 3. The summed E-state index contributed by atoms with van der Waals surface area (Å²) in [5, 5.41) is 16.5. The molecule has 0 saturated heterocycles. The zero-order valence-corrected chi connectivity index (χ0v) is 6.73. The zero-order valence-electron chi connectivity index (χ0n) is 6.73. The second-order valence-electron chi connectivity index (χ2n) is 2.68. The van der Waals surface area contributed by atoms with Crippen LogP contribution in [-0.2, 0) is 0 Å². The van der Waals surface area contributed by atoms with Gasteiger partial charge in [-0.2, -0.15) is 4.73 Å². The fourth-order valence-corrected chi connectivity index (χ4v) is 1.24. The van der Waals surface area contributed by atoms with Crippen LogP contribution in [0.3, 0.4) is 0 Å². The first kappa shape index (κ1) is 7.60. The average molecular weight is 176 g/mol. The molecule has 0 atom stereocenters. The summed E-state index contributed by atoms with van der Waals surface area (Å²) in [6.07, 6.45) is 1.27. The van der Waals surface area contributed by atoms with Crippen LogP contribution < -0.4 is 5.73 Å². The molecule has 1 heterocycles. The van der Waals surface area contributed by atoms with E-state index in [9.17, 15) is 5.21 Å². The second kappa shape index (κ2) is 2.48. The molecule has 0 aliphatic carbocycles. The van der Waals surface area contributed by atoms with E-state index in [-0.39, 0.29) is 5.84 Å². The van der Waals surface area contributed by atoms with Crippen molar-refractivity contribution in [2.45, 2.75) is 0 Å². The molecule has 0 unspecified atom stereocenters. The minimum Gasteiger partial charge on any atom is -0.427 e. The molecule has 5 nitrogen and oxygen atoms in total. The highest BCUT2D eigenvalue weighted by molar-refractivity contribution is 6.05. The number of nitrogens with two attached hydrogens (primary N) is 1. The lowest BCUT2D eigenvalue weighted by Crippen LogP contribution is -2.11. The smallest absolute Gasteiger partial charge is 0.133 e. The molecule has 0 amide bonds. The van der Waals surface area contributed by atoms with Crippen molar-refractivity contribution in [2.75, 3.05) is 0 Å². The monoisotopic (exact) mass is 176 g/mol. The van der Waals surface area contributed by atoms with Crippen LogP contribution in [0.25, 0.3) is 11.0 Å². The number of benzene rings is 1. The molecule has 0 aliphatic heterocycles. The minimum absolute atomic E-state index is 0.0516. The molecule has 5 heteroatoms. The fourth-order valence-electron chi connectivity index (χ4n) is 1.24. The first-order valence-electron chi connectivity index (χ1n) is 3.70. The van der Waals surface area contributed by atoms with E-state index in [0.717, 1.165) is 4.73 Å². The van der Waals surface area contributed by atoms with Gasteiger partial charge in [0.15, 0.2) is 0 Å². The van der Waals surface area contributed by atoms with Crippen LogP contribution in [0.1, 0.15) is 5.56 Å². The molecule has 4 N–H and O–H groups in total. The number of nitrogens with zero attached hydrogens (tertiary/aromatic N) is 2. The Morgan fingerprint density at radius 2 is 2.31 bits per heavy atom. The van der Waals surface area contributed by atoms with Crippen LogP contribution in [0.15, 0.2) is 24.5 Å². The second-order valence-corrected chi connectivity index (χ2v) is 2.68. The van der Waals surface area contributed by atoms with E-state index in [0.29, 0.717) is 16.6 Å². The molecule has 2 aromatic rings. The molecule has 1 aromatic heterocycles. The Labute approximate surface area is 73.9 Å². The molecule has 1 aromatic carbocycles. The first-order valence-corrected chi connectivity index (χ1v) is 3.70. The highest BCUT2D eigenvalue weighted by atomic mass is 16.5. The van der Waals surface area contributed by atoms with Gasteiger partial charge in [0.2, 0.25) is 0 Å². The molecule has 0 saturated carbocycles. The van der Waals surface area contributed by atoms with Crippen LogP contribution >= 0.6 is 0 Å². The maximum atomic E-state index is 9.26. The zero-order chi connectivity index (χ0) is 9.42. The minimum atomic E-state index is -0.0516. The van der Waals surface area contributed by atoms with Crippen molar-refractivity contribution in [3.63, 3.8) is 0 Å². The van der Waals surface area contributed by atoms with Crippen molar-refractivity contribution < 1.29 is 5.21 Å². The normalized spacial score (nSPS) is 10.5. The summed E-state index contributed by atoms with van der Waals surface area (Å²) < 4.78 is 0.905. The Bertz CT molecular complexity index is 474. The number of amidine groups is 1. The van der Waals surface area contributed by atoms with E-state index >= 15 is 0 Å². The Hall–Kier alpha value is -2.04. The van der Waals surface area contributed by atoms with Gasteiger partial charge >= 0.3 is 0 Å². The predicted molar refractivity (Wildman–Crippen MR) is 47.9 cm³/mol. The summed E-state index contributed by atoms with van der Waals surface area (Å²) in [5.41, 5.74) is 6.96. The maximum Gasteiger partial charge on any atom is 0.133 e. The van der Waals surface area contributed by atoms with E-state index in [1.165, 1.54) is 6.33 Å². The molecular formula is C8H8N4O. The van der Waals surface area contributed by atoms with Gasteiger partial charge in [-0.05, 0) is 12.1 Å². The van der Waals surface area contributed by atoms with Crippen LogP contribution in [-0.4, -0.2) is 20.8 Å². The lowest BCUT2D eigenvalue weighted by molar-refractivity contribution is 0.198. The van der Waals surface area contributed by atoms with E-state index < -0.39 is 0 Å². The van der Waals surface area contributed by atoms with E-state index in [1.807, 2.05) is 0 Å². The lowest BCUT2D eigenvalue weighted by Gasteiger charge is -1.98. The Balaban J connectivity index is 2.84. The predicted octanol–water partition coefficient (Wildman–Crippen LogP) is 0.558. The number of imidazole rings is 1. The highest BCUT2D eigenvalue weighted by Gasteiger charge is 2.07. The van der Waals surface area contributed by atoms with Gasteiger partial charge in [-0.15, -0.1) is 0 Å². The number of hydrogen-bond donors (Lipinski definition) is 3. The molecule has 0 spiro atoms. The SMILES string of the molecule is N=C(N)c1cccc2c1ncn2O. The molecule has 0 fully saturated rings. The van der Waals surface area contributed by atoms with Gasteiger partial charge in [0, 0.05) is 5.56 Å². The number of nitrogen functional groups attached to an aromatic ring is 1. The van der Waals surface area contributed by atoms with Crippen molar-refractivity contribution in [3.05, 3.63) is 30.1 Å². The summed E-state index contributed by atoms with van der Waals surface area (Å²) in [5.74, 6) is -0.0516. The summed E-state index contributed by atoms with van der Waals surface area (Å²) in [7, 11) is 0. The Morgan fingerprint density at radius 1 is 1.54 bits per heavy atom. The third-order valence-corrected chi connectivity index (χ3v) is 1.85. The molecule has 13 heavy (non-hydrogen) atoms. The molecule has 0 aliphatic rings. The summed E-state index contributed by atoms with van der Waals surface area (Å²) >= 11 is 0. The molecule has 66 valence electrons. The Morgan fingerprint density at radius 3 is 3.00 bits per heavy atom. The average Bonchev–Trinajstić information content (AvgIpc) is 2.48. The van der Waals surface area contributed by atoms with Crippen molar-refractivity contribution in [3.8, 4) is 0 Å². The number of para-hydroxylation sites is 1. The van der Waals surface area contributed by atoms with Gasteiger partial charge in [-0.1, -0.05) is 6.07 Å². The summed E-state index contributed by atoms with van der Waals surface area (Å²) in [4.78, 5) is 3.93. The maximum absolute atomic E-state index is 9.26. The lowest BCUT2D eigenvalue weighted by atomic mass is 10.2. The molecule has 2 rings (SSSR count). The van der Waals surface area contributed by atoms with Crippen LogP contribution in [0.5, 0.6) is 0 Å². The van der Waals surface area contributed by atoms with Crippen molar-refractivity contribution >= 4 is 16.9 Å². The first-order chi connectivity index (χ1) is 6.20. The number of nitrogens with one attached hydrogen (secondary N) is 1. The topological polar surface area (TPSA) is 87.9 Å². The van der Waals surface area contributed by atoms with Crippen LogP contribution in [0.4, 0.5) is 0 Å². The standard InChI is InChI=1S/C8H8N4O/c9-8(10)5-2-1-3-6-7(5)11-4-12(6)13/h1-4,13H,(H3,9,10). The van der Waals surface area contributed by atoms with E-state index in [1.54, 1.807) is 18.2 Å². The Kier molecular flexibility index (Phi) is 1.45. The van der Waals surface area contributed by atoms with Gasteiger partial charge in [0.1, 0.15) is 23.2 Å². The van der Waals surface area contributed by atoms with E-state index in [2.05, 4.69) is 4.98 Å².